The molecule has 118 valence electrons. The molecule has 0 aromatic heterocycles. The minimum absolute atomic E-state index is 0.115. The predicted molar refractivity (Wildman–Crippen MR) is 79.7 cm³/mol. The summed E-state index contributed by atoms with van der Waals surface area (Å²) in [6.07, 6.45) is 1.80. The summed E-state index contributed by atoms with van der Waals surface area (Å²) < 4.78 is 38.2. The maximum absolute atomic E-state index is 12.4. The van der Waals surface area contributed by atoms with Gasteiger partial charge in [0.1, 0.15) is 10.6 Å². The second-order valence-electron chi connectivity index (χ2n) is 5.42. The van der Waals surface area contributed by atoms with E-state index >= 15 is 0 Å². The van der Waals surface area contributed by atoms with Crippen molar-refractivity contribution in [1.82, 2.24) is 4.72 Å². The molecule has 3 N–H and O–H groups in total. The van der Waals surface area contributed by atoms with Crippen LogP contribution >= 0.6 is 0 Å². The molecule has 0 aliphatic carbocycles. The zero-order valence-corrected chi connectivity index (χ0v) is 13.2. The summed E-state index contributed by atoms with van der Waals surface area (Å²) in [6, 6.07) is 4.84. The third-order valence-electron chi connectivity index (χ3n) is 3.69. The second kappa shape index (κ2) is 6.31. The highest BCUT2D eigenvalue weighted by atomic mass is 32.2. The quantitative estimate of drug-likeness (QED) is 0.817. The van der Waals surface area contributed by atoms with E-state index in [1.165, 1.54) is 13.2 Å². The van der Waals surface area contributed by atoms with Crippen LogP contribution in [0.1, 0.15) is 25.3 Å². The maximum atomic E-state index is 12.4. The van der Waals surface area contributed by atoms with Gasteiger partial charge in [-0.05, 0) is 37.5 Å². The van der Waals surface area contributed by atoms with Crippen LogP contribution in [0.25, 0.3) is 0 Å². The Morgan fingerprint density at radius 1 is 1.48 bits per heavy atom. The number of nitrogens with one attached hydrogen (secondary N) is 1. The lowest BCUT2D eigenvalue weighted by Crippen LogP contribution is -2.40. The van der Waals surface area contributed by atoms with E-state index in [4.69, 9.17) is 15.2 Å². The van der Waals surface area contributed by atoms with E-state index in [2.05, 4.69) is 4.72 Å². The Hall–Kier alpha value is -1.15. The molecule has 1 fully saturated rings. The Kier molecular flexibility index (Phi) is 4.88. The standard InChI is InChI=1S/C14H22N2O4S/c1-14(6-3-7-20-14)10-16-21(17,18)13-5-4-11(9-15)8-12(13)19-2/h4-5,8,16H,3,6-7,9-10,15H2,1-2H3. The molecule has 1 saturated heterocycles. The minimum atomic E-state index is -3.65. The van der Waals surface area contributed by atoms with Gasteiger partial charge in [-0.3, -0.25) is 0 Å². The van der Waals surface area contributed by atoms with Crippen molar-refractivity contribution in [2.45, 2.75) is 36.8 Å². The van der Waals surface area contributed by atoms with Crippen LogP contribution < -0.4 is 15.2 Å². The van der Waals surface area contributed by atoms with Crippen LogP contribution in [0, 0.1) is 0 Å². The molecule has 0 saturated carbocycles. The van der Waals surface area contributed by atoms with Gasteiger partial charge in [0.2, 0.25) is 10.0 Å². The first-order valence-electron chi connectivity index (χ1n) is 6.91. The summed E-state index contributed by atoms with van der Waals surface area (Å²) >= 11 is 0. The number of hydrogen-bond acceptors (Lipinski definition) is 5. The van der Waals surface area contributed by atoms with Gasteiger partial charge in [-0.2, -0.15) is 0 Å². The zero-order chi connectivity index (χ0) is 15.5. The van der Waals surface area contributed by atoms with E-state index in [0.717, 1.165) is 18.4 Å². The molecular weight excluding hydrogens is 292 g/mol. The molecule has 1 aromatic rings. The molecule has 1 aliphatic heterocycles. The van der Waals surface area contributed by atoms with Gasteiger partial charge in [0.15, 0.2) is 0 Å². The number of sulfonamides is 1. The lowest BCUT2D eigenvalue weighted by atomic mass is 10.0. The van der Waals surface area contributed by atoms with Gasteiger partial charge in [-0.25, -0.2) is 13.1 Å². The summed E-state index contributed by atoms with van der Waals surface area (Å²) in [5, 5.41) is 0. The fourth-order valence-corrected chi connectivity index (χ4v) is 3.67. The number of methoxy groups -OCH3 is 1. The number of benzene rings is 1. The molecule has 0 amide bonds. The van der Waals surface area contributed by atoms with Crippen LogP contribution in [0.3, 0.4) is 0 Å². The molecule has 6 nitrogen and oxygen atoms in total. The smallest absolute Gasteiger partial charge is 0.244 e. The maximum Gasteiger partial charge on any atom is 0.244 e. The van der Waals surface area contributed by atoms with Crippen molar-refractivity contribution in [1.29, 1.82) is 0 Å². The van der Waals surface area contributed by atoms with Crippen molar-refractivity contribution in [3.05, 3.63) is 23.8 Å². The fourth-order valence-electron chi connectivity index (χ4n) is 2.36. The van der Waals surface area contributed by atoms with E-state index in [1.807, 2.05) is 6.92 Å². The van der Waals surface area contributed by atoms with E-state index < -0.39 is 15.6 Å². The van der Waals surface area contributed by atoms with Crippen molar-refractivity contribution >= 4 is 10.0 Å². The highest BCUT2D eigenvalue weighted by Crippen LogP contribution is 2.27. The van der Waals surface area contributed by atoms with Gasteiger partial charge in [-0.15, -0.1) is 0 Å². The fraction of sp³-hybridized carbons (Fsp3) is 0.571. The molecule has 0 spiro atoms. The van der Waals surface area contributed by atoms with E-state index in [9.17, 15) is 8.42 Å². The molecule has 1 aliphatic rings. The van der Waals surface area contributed by atoms with Crippen LogP contribution in [-0.4, -0.2) is 34.3 Å². The van der Waals surface area contributed by atoms with Crippen LogP contribution in [0.4, 0.5) is 0 Å². The normalized spacial score (nSPS) is 22.4. The highest BCUT2D eigenvalue weighted by molar-refractivity contribution is 7.89. The summed E-state index contributed by atoms with van der Waals surface area (Å²) in [6.45, 7) is 3.16. The molecule has 2 rings (SSSR count). The monoisotopic (exact) mass is 314 g/mol. The van der Waals surface area contributed by atoms with Gasteiger partial charge in [0, 0.05) is 19.7 Å². The first kappa shape index (κ1) is 16.2. The van der Waals surface area contributed by atoms with Crippen LogP contribution in [0.2, 0.25) is 0 Å². The van der Waals surface area contributed by atoms with Crippen molar-refractivity contribution in [3.8, 4) is 5.75 Å². The Labute approximate surface area is 125 Å². The zero-order valence-electron chi connectivity index (χ0n) is 12.4. The van der Waals surface area contributed by atoms with E-state index in [1.54, 1.807) is 12.1 Å². The van der Waals surface area contributed by atoms with Gasteiger partial charge in [-0.1, -0.05) is 6.07 Å². The topological polar surface area (TPSA) is 90.7 Å². The van der Waals surface area contributed by atoms with Crippen LogP contribution in [0.5, 0.6) is 5.75 Å². The average molecular weight is 314 g/mol. The number of ether oxygens (including phenoxy) is 2. The van der Waals surface area contributed by atoms with E-state index in [0.29, 0.717) is 18.9 Å². The number of rotatable bonds is 6. The lowest BCUT2D eigenvalue weighted by Gasteiger charge is -2.23. The number of hydrogen-bond donors (Lipinski definition) is 2. The Bertz CT molecular complexity index is 595. The molecule has 1 atom stereocenters. The van der Waals surface area contributed by atoms with Gasteiger partial charge < -0.3 is 15.2 Å². The average Bonchev–Trinajstić information content (AvgIpc) is 2.92. The summed E-state index contributed by atoms with van der Waals surface area (Å²) in [7, 11) is -2.21. The largest absolute Gasteiger partial charge is 0.495 e. The highest BCUT2D eigenvalue weighted by Gasteiger charge is 2.32. The van der Waals surface area contributed by atoms with Crippen molar-refractivity contribution in [2.75, 3.05) is 20.3 Å². The van der Waals surface area contributed by atoms with Crippen molar-refractivity contribution < 1.29 is 17.9 Å². The summed E-state index contributed by atoms with van der Waals surface area (Å²) in [5.74, 6) is 0.294. The molecule has 0 radical (unpaired) electrons. The molecule has 0 bridgehead atoms. The minimum Gasteiger partial charge on any atom is -0.495 e. The van der Waals surface area contributed by atoms with Crippen LogP contribution in [0.15, 0.2) is 23.1 Å². The Morgan fingerprint density at radius 3 is 2.81 bits per heavy atom. The molecular formula is C14H22N2O4S. The van der Waals surface area contributed by atoms with Crippen molar-refractivity contribution in [2.24, 2.45) is 5.73 Å². The molecule has 1 heterocycles. The van der Waals surface area contributed by atoms with Crippen molar-refractivity contribution in [3.63, 3.8) is 0 Å². The predicted octanol–water partition coefficient (Wildman–Crippen LogP) is 1.00. The summed E-state index contributed by atoms with van der Waals surface area (Å²) in [5.41, 5.74) is 5.94. The third kappa shape index (κ3) is 3.74. The molecule has 7 heteroatoms. The van der Waals surface area contributed by atoms with Gasteiger partial charge >= 0.3 is 0 Å². The van der Waals surface area contributed by atoms with Gasteiger partial charge in [0.25, 0.3) is 0 Å². The Morgan fingerprint density at radius 2 is 2.24 bits per heavy atom. The second-order valence-corrected chi connectivity index (χ2v) is 7.15. The molecule has 1 aromatic carbocycles. The molecule has 1 unspecified atom stereocenters. The molecule has 21 heavy (non-hydrogen) atoms. The van der Waals surface area contributed by atoms with Gasteiger partial charge in [0.05, 0.1) is 12.7 Å². The first-order chi connectivity index (χ1) is 9.90. The SMILES string of the molecule is COc1cc(CN)ccc1S(=O)(=O)NCC1(C)CCCO1. The van der Waals surface area contributed by atoms with Crippen LogP contribution in [-0.2, 0) is 21.3 Å². The Balaban J connectivity index is 2.19. The third-order valence-corrected chi connectivity index (χ3v) is 5.13. The van der Waals surface area contributed by atoms with E-state index in [-0.39, 0.29) is 11.4 Å². The first-order valence-corrected chi connectivity index (χ1v) is 8.39. The number of nitrogens with two attached hydrogens (primary N) is 1. The lowest BCUT2D eigenvalue weighted by molar-refractivity contribution is 0.0250. The summed E-state index contributed by atoms with van der Waals surface area (Å²) in [4.78, 5) is 0.115.